The topological polar surface area (TPSA) is 76.5 Å². The maximum Gasteiger partial charge on any atom is 0.373 e. The van der Waals surface area contributed by atoms with Gasteiger partial charge in [0.05, 0.1) is 6.20 Å². The molecule has 2 heterocycles. The number of carboxylic acid groups (broad SMARTS) is 1. The molecule has 0 fully saturated rings. The van der Waals surface area contributed by atoms with Crippen LogP contribution in [0.1, 0.15) is 16.3 Å². The SMILES string of the molecule is Cc1ccc(-c2ncc(C(=O)O)o2)o1. The number of furan rings is 1. The number of nitrogens with zero attached hydrogens (tertiary/aromatic N) is 1. The molecule has 0 spiro atoms. The van der Waals surface area contributed by atoms with Crippen molar-refractivity contribution in [3.05, 3.63) is 29.9 Å². The number of oxazole rings is 1. The zero-order valence-corrected chi connectivity index (χ0v) is 7.35. The van der Waals surface area contributed by atoms with Gasteiger partial charge in [0.1, 0.15) is 5.76 Å². The molecule has 0 amide bonds. The molecule has 0 atom stereocenters. The van der Waals surface area contributed by atoms with E-state index in [4.69, 9.17) is 13.9 Å². The summed E-state index contributed by atoms with van der Waals surface area (Å²) in [4.78, 5) is 14.3. The number of carboxylic acids is 1. The first-order chi connectivity index (χ1) is 6.66. The van der Waals surface area contributed by atoms with Crippen molar-refractivity contribution in [2.45, 2.75) is 6.92 Å². The van der Waals surface area contributed by atoms with Gasteiger partial charge in [0, 0.05) is 0 Å². The van der Waals surface area contributed by atoms with E-state index >= 15 is 0 Å². The molecule has 0 unspecified atom stereocenters. The molecule has 0 aliphatic rings. The molecule has 2 rings (SSSR count). The quantitative estimate of drug-likeness (QED) is 0.788. The average molecular weight is 193 g/mol. The van der Waals surface area contributed by atoms with Crippen molar-refractivity contribution in [2.24, 2.45) is 0 Å². The molecular formula is C9H7NO4. The smallest absolute Gasteiger partial charge is 0.373 e. The second-order valence-electron chi connectivity index (χ2n) is 2.75. The van der Waals surface area contributed by atoms with Gasteiger partial charge < -0.3 is 13.9 Å². The predicted octanol–water partition coefficient (Wildman–Crippen LogP) is 1.94. The van der Waals surface area contributed by atoms with Crippen LogP contribution in [-0.2, 0) is 0 Å². The summed E-state index contributed by atoms with van der Waals surface area (Å²) in [6.07, 6.45) is 1.15. The summed E-state index contributed by atoms with van der Waals surface area (Å²) >= 11 is 0. The van der Waals surface area contributed by atoms with E-state index < -0.39 is 5.97 Å². The number of hydrogen-bond acceptors (Lipinski definition) is 4. The molecule has 5 heteroatoms. The van der Waals surface area contributed by atoms with E-state index in [1.54, 1.807) is 19.1 Å². The number of aromatic carboxylic acids is 1. The Kier molecular flexibility index (Phi) is 1.85. The highest BCUT2D eigenvalue weighted by atomic mass is 16.4. The average Bonchev–Trinajstić information content (AvgIpc) is 2.70. The van der Waals surface area contributed by atoms with Crippen molar-refractivity contribution < 1.29 is 18.7 Å². The van der Waals surface area contributed by atoms with E-state index in [0.717, 1.165) is 12.0 Å². The fraction of sp³-hybridized carbons (Fsp3) is 0.111. The van der Waals surface area contributed by atoms with Gasteiger partial charge in [-0.3, -0.25) is 0 Å². The molecular weight excluding hydrogens is 186 g/mol. The molecule has 14 heavy (non-hydrogen) atoms. The molecule has 0 aliphatic heterocycles. The molecule has 2 aromatic heterocycles. The minimum atomic E-state index is -1.15. The molecule has 5 nitrogen and oxygen atoms in total. The molecule has 0 aliphatic carbocycles. The summed E-state index contributed by atoms with van der Waals surface area (Å²) in [5, 5.41) is 8.59. The predicted molar refractivity (Wildman–Crippen MR) is 45.9 cm³/mol. The third kappa shape index (κ3) is 1.39. The van der Waals surface area contributed by atoms with Gasteiger partial charge in [-0.15, -0.1) is 0 Å². The standard InChI is InChI=1S/C9H7NO4/c1-5-2-3-6(13-5)8-10-4-7(14-8)9(11)12/h2-4H,1H3,(H,11,12). The number of aromatic nitrogens is 1. The van der Waals surface area contributed by atoms with Crippen molar-refractivity contribution >= 4 is 5.97 Å². The van der Waals surface area contributed by atoms with Crippen LogP contribution in [0.2, 0.25) is 0 Å². The number of rotatable bonds is 2. The van der Waals surface area contributed by atoms with Gasteiger partial charge in [-0.05, 0) is 19.1 Å². The summed E-state index contributed by atoms with van der Waals surface area (Å²) < 4.78 is 10.2. The lowest BCUT2D eigenvalue weighted by Gasteiger charge is -1.87. The van der Waals surface area contributed by atoms with Gasteiger partial charge in [-0.2, -0.15) is 0 Å². The zero-order valence-electron chi connectivity index (χ0n) is 7.35. The van der Waals surface area contributed by atoms with Gasteiger partial charge in [0.25, 0.3) is 5.89 Å². The largest absolute Gasteiger partial charge is 0.475 e. The van der Waals surface area contributed by atoms with E-state index in [-0.39, 0.29) is 11.7 Å². The third-order valence-electron chi connectivity index (χ3n) is 1.67. The first kappa shape index (κ1) is 8.55. The second kappa shape index (κ2) is 3.02. The van der Waals surface area contributed by atoms with Crippen LogP contribution >= 0.6 is 0 Å². The van der Waals surface area contributed by atoms with Gasteiger partial charge in [-0.1, -0.05) is 0 Å². The molecule has 1 N–H and O–H groups in total. The van der Waals surface area contributed by atoms with E-state index in [0.29, 0.717) is 5.76 Å². The highest BCUT2D eigenvalue weighted by molar-refractivity contribution is 5.84. The van der Waals surface area contributed by atoms with Crippen LogP contribution in [0.25, 0.3) is 11.7 Å². The first-order valence-electron chi connectivity index (χ1n) is 3.93. The van der Waals surface area contributed by atoms with Gasteiger partial charge in [-0.25, -0.2) is 9.78 Å². The number of aryl methyl sites for hydroxylation is 1. The molecule has 72 valence electrons. The van der Waals surface area contributed by atoms with Gasteiger partial charge in [0.15, 0.2) is 5.76 Å². The number of carbonyl (C=O) groups is 1. The Labute approximate surface area is 79.0 Å². The van der Waals surface area contributed by atoms with E-state index in [9.17, 15) is 4.79 Å². The monoisotopic (exact) mass is 193 g/mol. The van der Waals surface area contributed by atoms with E-state index in [1.807, 2.05) is 0 Å². The molecule has 0 radical (unpaired) electrons. The summed E-state index contributed by atoms with van der Waals surface area (Å²) in [7, 11) is 0. The summed E-state index contributed by atoms with van der Waals surface area (Å²) in [6, 6.07) is 3.42. The Morgan fingerprint density at radius 1 is 1.43 bits per heavy atom. The van der Waals surface area contributed by atoms with Crippen molar-refractivity contribution in [3.63, 3.8) is 0 Å². The molecule has 0 saturated heterocycles. The summed E-state index contributed by atoms with van der Waals surface area (Å²) in [6.45, 7) is 1.78. The van der Waals surface area contributed by atoms with Gasteiger partial charge >= 0.3 is 5.97 Å². The van der Waals surface area contributed by atoms with Crippen LogP contribution in [0, 0.1) is 6.92 Å². The van der Waals surface area contributed by atoms with Crippen LogP contribution in [0.15, 0.2) is 27.2 Å². The van der Waals surface area contributed by atoms with Crippen LogP contribution < -0.4 is 0 Å². The first-order valence-corrected chi connectivity index (χ1v) is 3.93. The van der Waals surface area contributed by atoms with Gasteiger partial charge in [0.2, 0.25) is 5.76 Å². The Morgan fingerprint density at radius 2 is 2.21 bits per heavy atom. The Balaban J connectivity index is 2.38. The normalized spacial score (nSPS) is 10.4. The Bertz CT molecular complexity index is 469. The summed E-state index contributed by atoms with van der Waals surface area (Å²) in [5.41, 5.74) is 0. The van der Waals surface area contributed by atoms with Crippen molar-refractivity contribution in [2.75, 3.05) is 0 Å². The minimum absolute atomic E-state index is 0.176. The zero-order chi connectivity index (χ0) is 10.1. The Hall–Kier alpha value is -2.04. The second-order valence-corrected chi connectivity index (χ2v) is 2.75. The maximum atomic E-state index is 10.5. The lowest BCUT2D eigenvalue weighted by molar-refractivity contribution is 0.0663. The lowest BCUT2D eigenvalue weighted by atomic mass is 10.4. The van der Waals surface area contributed by atoms with E-state index in [1.165, 1.54) is 0 Å². The fourth-order valence-corrected chi connectivity index (χ4v) is 1.04. The van der Waals surface area contributed by atoms with Crippen molar-refractivity contribution in [3.8, 4) is 11.7 Å². The van der Waals surface area contributed by atoms with Crippen molar-refractivity contribution in [1.82, 2.24) is 4.98 Å². The summed E-state index contributed by atoms with van der Waals surface area (Å²) in [5.74, 6) is -0.0262. The number of hydrogen-bond donors (Lipinski definition) is 1. The Morgan fingerprint density at radius 3 is 2.71 bits per heavy atom. The third-order valence-corrected chi connectivity index (χ3v) is 1.67. The molecule has 0 aromatic carbocycles. The van der Waals surface area contributed by atoms with Crippen molar-refractivity contribution in [1.29, 1.82) is 0 Å². The molecule has 2 aromatic rings. The lowest BCUT2D eigenvalue weighted by Crippen LogP contribution is -1.91. The van der Waals surface area contributed by atoms with Crippen LogP contribution in [0.5, 0.6) is 0 Å². The minimum Gasteiger partial charge on any atom is -0.475 e. The maximum absolute atomic E-state index is 10.5. The molecule has 0 bridgehead atoms. The highest BCUT2D eigenvalue weighted by Gasteiger charge is 2.13. The molecule has 0 saturated carbocycles. The fourth-order valence-electron chi connectivity index (χ4n) is 1.04. The van der Waals surface area contributed by atoms with Crippen LogP contribution in [0.3, 0.4) is 0 Å². The highest BCUT2D eigenvalue weighted by Crippen LogP contribution is 2.21. The van der Waals surface area contributed by atoms with Crippen LogP contribution in [-0.4, -0.2) is 16.1 Å². The van der Waals surface area contributed by atoms with Crippen LogP contribution in [0.4, 0.5) is 0 Å². The van der Waals surface area contributed by atoms with E-state index in [2.05, 4.69) is 4.98 Å².